The minimum absolute atomic E-state index is 0.110. The number of nitriles is 1. The molecule has 1 aromatic carbocycles. The molecule has 3 aromatic rings. The fraction of sp³-hybridized carbons (Fsp3) is 0.318. The molecule has 9 heteroatoms. The minimum Gasteiger partial charge on any atom is -0.328 e. The molecule has 0 bridgehead atoms. The molecule has 2 heterocycles. The topological polar surface area (TPSA) is 87.7 Å². The van der Waals surface area contributed by atoms with Crippen molar-refractivity contribution in [3.63, 3.8) is 0 Å². The summed E-state index contributed by atoms with van der Waals surface area (Å²) in [6.45, 7) is 2.52. The summed E-state index contributed by atoms with van der Waals surface area (Å²) in [4.78, 5) is 24.0. The second-order valence-corrected chi connectivity index (χ2v) is 13.1. The number of hydrogen-bond donors (Lipinski definition) is 0. The third kappa shape index (κ3) is 5.63. The molecule has 1 atom stereocenters. The van der Waals surface area contributed by atoms with E-state index in [1.165, 1.54) is 12.5 Å². The number of halogens is 1. The first-order valence-electron chi connectivity index (χ1n) is 9.68. The Balaban J connectivity index is 1.96. The molecule has 1 unspecified atom stereocenters. The van der Waals surface area contributed by atoms with Gasteiger partial charge in [0.05, 0.1) is 11.6 Å². The van der Waals surface area contributed by atoms with E-state index in [1.54, 1.807) is 41.1 Å². The Morgan fingerprint density at radius 3 is 2.65 bits per heavy atom. The number of hydrogen-bond acceptors (Lipinski definition) is 5. The van der Waals surface area contributed by atoms with Crippen molar-refractivity contribution >= 4 is 27.5 Å². The molecule has 2 aromatic heterocycles. The van der Waals surface area contributed by atoms with Gasteiger partial charge in [0.25, 0.3) is 5.91 Å². The van der Waals surface area contributed by atoms with E-state index in [9.17, 15) is 4.79 Å². The number of carbonyl (C=O) groups excluding carboxylic acids is 1. The quantitative estimate of drug-likeness (QED) is 0.534. The molecular weight excluding hydrogens is 432 g/mol. The molecule has 162 valence electrons. The lowest BCUT2D eigenvalue weighted by Gasteiger charge is -2.33. The van der Waals surface area contributed by atoms with Gasteiger partial charge >= 0.3 is 0 Å². The van der Waals surface area contributed by atoms with E-state index in [0.29, 0.717) is 34.3 Å². The molecule has 7 nitrogen and oxygen atoms in total. The Morgan fingerprint density at radius 1 is 1.26 bits per heavy atom. The van der Waals surface area contributed by atoms with Crippen LogP contribution in [0, 0.1) is 11.3 Å². The summed E-state index contributed by atoms with van der Waals surface area (Å²) >= 11 is 6.13. The normalized spacial score (nSPS) is 12.8. The highest BCUT2D eigenvalue weighted by atomic mass is 35.5. The number of nitrogens with zero attached hydrogens (tertiary/aromatic N) is 6. The average Bonchev–Trinajstić information content (AvgIpc) is 3.22. The predicted octanol–water partition coefficient (Wildman–Crippen LogP) is 4.08. The van der Waals surface area contributed by atoms with Crippen LogP contribution in [0.3, 0.4) is 0 Å². The standard InChI is InChI=1S/C22H25ClN6OS/c1-16(21-26-15-27-29(21)20-9-8-17(13-24)14-25-20)28(10-11-31(2,3)4)22(30)18-6-5-7-19(23)12-18/h5-9,12,14-16H,10-11H2,1-4H3. The molecular formula is C22H25ClN6OS. The van der Waals surface area contributed by atoms with Gasteiger partial charge in [-0.15, -0.1) is 0 Å². The first kappa shape index (κ1) is 22.8. The van der Waals surface area contributed by atoms with Crippen LogP contribution in [0.1, 0.15) is 34.7 Å². The van der Waals surface area contributed by atoms with Gasteiger partial charge in [0, 0.05) is 23.3 Å². The summed E-state index contributed by atoms with van der Waals surface area (Å²) in [5.74, 6) is 1.92. The first-order valence-corrected chi connectivity index (χ1v) is 13.1. The van der Waals surface area contributed by atoms with Gasteiger partial charge < -0.3 is 4.90 Å². The average molecular weight is 457 g/mol. The van der Waals surface area contributed by atoms with Gasteiger partial charge in [0.2, 0.25) is 0 Å². The molecule has 0 N–H and O–H groups in total. The lowest BCUT2D eigenvalue weighted by atomic mass is 10.1. The maximum absolute atomic E-state index is 13.4. The van der Waals surface area contributed by atoms with Gasteiger partial charge in [0.15, 0.2) is 11.6 Å². The summed E-state index contributed by atoms with van der Waals surface area (Å²) in [5.41, 5.74) is 0.996. The smallest absolute Gasteiger partial charge is 0.254 e. The number of pyridine rings is 1. The summed E-state index contributed by atoms with van der Waals surface area (Å²) in [6.07, 6.45) is 9.61. The van der Waals surface area contributed by atoms with Crippen molar-refractivity contribution < 1.29 is 4.79 Å². The Morgan fingerprint density at radius 2 is 2.03 bits per heavy atom. The summed E-state index contributed by atoms with van der Waals surface area (Å²) in [6, 6.07) is 12.1. The summed E-state index contributed by atoms with van der Waals surface area (Å²) < 4.78 is 1.61. The fourth-order valence-electron chi connectivity index (χ4n) is 3.06. The van der Waals surface area contributed by atoms with Crippen LogP contribution >= 0.6 is 21.6 Å². The van der Waals surface area contributed by atoms with E-state index >= 15 is 0 Å². The zero-order valence-corrected chi connectivity index (χ0v) is 19.6. The molecule has 0 fully saturated rings. The number of amides is 1. The van der Waals surface area contributed by atoms with E-state index < -0.39 is 10.0 Å². The highest BCUT2D eigenvalue weighted by molar-refractivity contribution is 8.32. The van der Waals surface area contributed by atoms with Crippen LogP contribution in [0.25, 0.3) is 5.82 Å². The number of aromatic nitrogens is 4. The van der Waals surface area contributed by atoms with Crippen molar-refractivity contribution in [2.45, 2.75) is 13.0 Å². The second-order valence-electron chi connectivity index (χ2n) is 8.03. The van der Waals surface area contributed by atoms with E-state index in [2.05, 4.69) is 39.9 Å². The molecule has 0 aliphatic heterocycles. The van der Waals surface area contributed by atoms with Crippen molar-refractivity contribution in [2.75, 3.05) is 31.1 Å². The zero-order valence-electron chi connectivity index (χ0n) is 18.0. The predicted molar refractivity (Wildman–Crippen MR) is 125 cm³/mol. The lowest BCUT2D eigenvalue weighted by Crippen LogP contribution is -2.37. The molecule has 0 aliphatic rings. The first-order chi connectivity index (χ1) is 14.7. The van der Waals surface area contributed by atoms with Crippen molar-refractivity contribution in [2.24, 2.45) is 0 Å². The van der Waals surface area contributed by atoms with Gasteiger partial charge in [-0.1, -0.05) is 17.7 Å². The fourth-order valence-corrected chi connectivity index (χ4v) is 3.99. The number of carbonyl (C=O) groups is 1. The Labute approximate surface area is 189 Å². The maximum atomic E-state index is 13.4. The molecule has 31 heavy (non-hydrogen) atoms. The molecule has 1 amide bonds. The third-order valence-corrected chi connectivity index (χ3v) is 6.43. The second kappa shape index (κ2) is 9.50. The molecule has 0 saturated heterocycles. The van der Waals surface area contributed by atoms with Crippen LogP contribution < -0.4 is 0 Å². The van der Waals surface area contributed by atoms with Crippen molar-refractivity contribution in [3.05, 3.63) is 70.9 Å². The number of rotatable bonds is 7. The van der Waals surface area contributed by atoms with Crippen LogP contribution in [0.2, 0.25) is 5.02 Å². The Kier molecular flexibility index (Phi) is 6.98. The van der Waals surface area contributed by atoms with Gasteiger partial charge in [-0.3, -0.25) is 4.79 Å². The van der Waals surface area contributed by atoms with E-state index in [4.69, 9.17) is 16.9 Å². The highest BCUT2D eigenvalue weighted by Crippen LogP contribution is 2.35. The molecule has 0 saturated carbocycles. The van der Waals surface area contributed by atoms with E-state index in [1.807, 2.05) is 11.8 Å². The SMILES string of the molecule is CC(c1ncnn1-c1ccc(C#N)cn1)N(CCS(C)(C)C)C(=O)c1cccc(Cl)c1. The number of benzene rings is 1. The van der Waals surface area contributed by atoms with Gasteiger partial charge in [-0.2, -0.15) is 15.0 Å². The van der Waals surface area contributed by atoms with Crippen molar-refractivity contribution in [1.82, 2.24) is 24.6 Å². The maximum Gasteiger partial charge on any atom is 0.254 e. The zero-order chi connectivity index (χ0) is 22.6. The molecule has 0 radical (unpaired) electrons. The monoisotopic (exact) mass is 456 g/mol. The summed E-state index contributed by atoms with van der Waals surface area (Å²) in [7, 11) is -0.821. The van der Waals surface area contributed by atoms with E-state index in [-0.39, 0.29) is 11.9 Å². The van der Waals surface area contributed by atoms with Gasteiger partial charge in [0.1, 0.15) is 12.4 Å². The highest BCUT2D eigenvalue weighted by Gasteiger charge is 2.28. The van der Waals surface area contributed by atoms with Crippen molar-refractivity contribution in [1.29, 1.82) is 5.26 Å². The summed E-state index contributed by atoms with van der Waals surface area (Å²) in [5, 5.41) is 13.8. The van der Waals surface area contributed by atoms with E-state index in [0.717, 1.165) is 5.75 Å². The third-order valence-electron chi connectivity index (χ3n) is 4.79. The Bertz CT molecular complexity index is 1100. The van der Waals surface area contributed by atoms with Crippen LogP contribution in [0.15, 0.2) is 48.9 Å². The van der Waals surface area contributed by atoms with Crippen LogP contribution in [-0.2, 0) is 0 Å². The molecule has 3 rings (SSSR count). The molecule has 0 spiro atoms. The van der Waals surface area contributed by atoms with Gasteiger partial charge in [-0.25, -0.2) is 20.0 Å². The van der Waals surface area contributed by atoms with Crippen LogP contribution in [-0.4, -0.2) is 61.6 Å². The van der Waals surface area contributed by atoms with Crippen molar-refractivity contribution in [3.8, 4) is 11.9 Å². The largest absolute Gasteiger partial charge is 0.328 e. The minimum atomic E-state index is -0.821. The lowest BCUT2D eigenvalue weighted by molar-refractivity contribution is 0.0695. The Hall–Kier alpha value is -2.89. The van der Waals surface area contributed by atoms with Crippen LogP contribution in [0.5, 0.6) is 0 Å². The molecule has 0 aliphatic carbocycles. The van der Waals surface area contributed by atoms with Gasteiger partial charge in [-0.05, 0) is 61.8 Å². The van der Waals surface area contributed by atoms with Crippen LogP contribution in [0.4, 0.5) is 0 Å².